The van der Waals surface area contributed by atoms with Gasteiger partial charge in [0.2, 0.25) is 0 Å². The first kappa shape index (κ1) is 9.59. The Morgan fingerprint density at radius 2 is 2.00 bits per heavy atom. The van der Waals surface area contributed by atoms with Gasteiger partial charge in [0.05, 0.1) is 5.69 Å². The second kappa shape index (κ2) is 4.05. The summed E-state index contributed by atoms with van der Waals surface area (Å²) in [5, 5.41) is 7.38. The Bertz CT molecular complexity index is 475. The van der Waals surface area contributed by atoms with Crippen LogP contribution in [0.3, 0.4) is 0 Å². The van der Waals surface area contributed by atoms with Gasteiger partial charge in [-0.2, -0.15) is 0 Å². The Labute approximate surface area is 89.1 Å². The third kappa shape index (κ3) is 1.79. The summed E-state index contributed by atoms with van der Waals surface area (Å²) in [5.41, 5.74) is 4.03. The van der Waals surface area contributed by atoms with Crippen LogP contribution in [-0.2, 0) is 0 Å². The molecule has 1 aromatic carbocycles. The van der Waals surface area contributed by atoms with Gasteiger partial charge in [-0.3, -0.25) is 4.98 Å². The first-order valence-corrected chi connectivity index (χ1v) is 4.84. The van der Waals surface area contributed by atoms with Gasteiger partial charge in [-0.05, 0) is 24.6 Å². The SMILES string of the molecule is Cc1cccc(C=N)c1-c1ccccn1. The number of rotatable bonds is 2. The van der Waals surface area contributed by atoms with Crippen molar-refractivity contribution in [2.75, 3.05) is 0 Å². The van der Waals surface area contributed by atoms with Crippen LogP contribution in [0, 0.1) is 12.3 Å². The minimum atomic E-state index is 0.911. The second-order valence-corrected chi connectivity index (χ2v) is 3.40. The lowest BCUT2D eigenvalue weighted by atomic mass is 9.99. The van der Waals surface area contributed by atoms with E-state index in [-0.39, 0.29) is 0 Å². The zero-order valence-electron chi connectivity index (χ0n) is 8.57. The van der Waals surface area contributed by atoms with Gasteiger partial charge < -0.3 is 5.41 Å². The van der Waals surface area contributed by atoms with Crippen molar-refractivity contribution in [3.05, 3.63) is 53.7 Å². The van der Waals surface area contributed by atoms with Crippen molar-refractivity contribution in [3.63, 3.8) is 0 Å². The molecule has 0 aliphatic heterocycles. The molecule has 0 radical (unpaired) electrons. The average Bonchev–Trinajstić information content (AvgIpc) is 2.29. The first-order chi connectivity index (χ1) is 7.33. The smallest absolute Gasteiger partial charge is 0.0711 e. The van der Waals surface area contributed by atoms with E-state index in [4.69, 9.17) is 5.41 Å². The monoisotopic (exact) mass is 196 g/mol. The van der Waals surface area contributed by atoms with Crippen LogP contribution in [0.2, 0.25) is 0 Å². The molecule has 2 aromatic rings. The maximum atomic E-state index is 7.38. The van der Waals surface area contributed by atoms with Crippen molar-refractivity contribution >= 4 is 6.21 Å². The van der Waals surface area contributed by atoms with Crippen LogP contribution in [-0.4, -0.2) is 11.2 Å². The second-order valence-electron chi connectivity index (χ2n) is 3.40. The number of benzene rings is 1. The predicted octanol–water partition coefficient (Wildman–Crippen LogP) is 3.05. The molecule has 0 saturated heterocycles. The van der Waals surface area contributed by atoms with E-state index in [9.17, 15) is 0 Å². The predicted molar refractivity (Wildman–Crippen MR) is 62.3 cm³/mol. The van der Waals surface area contributed by atoms with E-state index in [0.29, 0.717) is 0 Å². The maximum absolute atomic E-state index is 7.38. The van der Waals surface area contributed by atoms with Crippen molar-refractivity contribution < 1.29 is 0 Å². The molecule has 0 fully saturated rings. The Morgan fingerprint density at radius 3 is 2.67 bits per heavy atom. The van der Waals surface area contributed by atoms with Crippen molar-refractivity contribution in [3.8, 4) is 11.3 Å². The lowest BCUT2D eigenvalue weighted by Crippen LogP contribution is -1.92. The molecule has 2 heteroatoms. The number of pyridine rings is 1. The highest BCUT2D eigenvalue weighted by molar-refractivity contribution is 5.89. The number of nitrogens with zero attached hydrogens (tertiary/aromatic N) is 1. The molecule has 1 heterocycles. The molecule has 15 heavy (non-hydrogen) atoms. The van der Waals surface area contributed by atoms with Gasteiger partial charge in [-0.25, -0.2) is 0 Å². The van der Waals surface area contributed by atoms with Gasteiger partial charge in [0.25, 0.3) is 0 Å². The zero-order chi connectivity index (χ0) is 10.7. The highest BCUT2D eigenvalue weighted by Crippen LogP contribution is 2.24. The molecule has 0 aliphatic carbocycles. The van der Waals surface area contributed by atoms with Crippen molar-refractivity contribution in [1.82, 2.24) is 4.98 Å². The van der Waals surface area contributed by atoms with Gasteiger partial charge in [0, 0.05) is 23.5 Å². The largest absolute Gasteiger partial charge is 0.308 e. The topological polar surface area (TPSA) is 36.7 Å². The average molecular weight is 196 g/mol. The van der Waals surface area contributed by atoms with E-state index in [2.05, 4.69) is 4.98 Å². The van der Waals surface area contributed by atoms with Gasteiger partial charge >= 0.3 is 0 Å². The number of hydrogen-bond acceptors (Lipinski definition) is 2. The fraction of sp³-hybridized carbons (Fsp3) is 0.0769. The van der Waals surface area contributed by atoms with Gasteiger partial charge in [0.1, 0.15) is 0 Å². The van der Waals surface area contributed by atoms with Crippen LogP contribution in [0.5, 0.6) is 0 Å². The fourth-order valence-electron chi connectivity index (χ4n) is 1.67. The van der Waals surface area contributed by atoms with E-state index in [1.165, 1.54) is 6.21 Å². The molecule has 0 atom stereocenters. The van der Waals surface area contributed by atoms with Gasteiger partial charge in [0.15, 0.2) is 0 Å². The van der Waals surface area contributed by atoms with E-state index < -0.39 is 0 Å². The number of aryl methyl sites for hydroxylation is 1. The Hall–Kier alpha value is -1.96. The summed E-state index contributed by atoms with van der Waals surface area (Å²) < 4.78 is 0. The Morgan fingerprint density at radius 1 is 1.13 bits per heavy atom. The third-order valence-corrected chi connectivity index (χ3v) is 2.38. The fourth-order valence-corrected chi connectivity index (χ4v) is 1.67. The molecule has 0 aliphatic rings. The Balaban J connectivity index is 2.66. The quantitative estimate of drug-likeness (QED) is 0.736. The lowest BCUT2D eigenvalue weighted by Gasteiger charge is -2.08. The maximum Gasteiger partial charge on any atom is 0.0711 e. The first-order valence-electron chi connectivity index (χ1n) is 4.84. The molecule has 0 saturated carbocycles. The molecule has 2 nitrogen and oxygen atoms in total. The van der Waals surface area contributed by atoms with Gasteiger partial charge in [-0.15, -0.1) is 0 Å². The van der Waals surface area contributed by atoms with E-state index in [1.807, 2.05) is 43.3 Å². The Kier molecular flexibility index (Phi) is 2.59. The summed E-state index contributed by atoms with van der Waals surface area (Å²) >= 11 is 0. The third-order valence-electron chi connectivity index (χ3n) is 2.38. The van der Waals surface area contributed by atoms with Crippen LogP contribution < -0.4 is 0 Å². The summed E-state index contributed by atoms with van der Waals surface area (Å²) in [4.78, 5) is 4.32. The van der Waals surface area contributed by atoms with Gasteiger partial charge in [-0.1, -0.05) is 24.3 Å². The lowest BCUT2D eigenvalue weighted by molar-refractivity contribution is 1.30. The molecule has 0 unspecified atom stereocenters. The molecular weight excluding hydrogens is 184 g/mol. The van der Waals surface area contributed by atoms with Crippen molar-refractivity contribution in [2.45, 2.75) is 6.92 Å². The minimum Gasteiger partial charge on any atom is -0.308 e. The van der Waals surface area contributed by atoms with Crippen LogP contribution >= 0.6 is 0 Å². The number of hydrogen-bond donors (Lipinski definition) is 1. The van der Waals surface area contributed by atoms with Crippen LogP contribution in [0.1, 0.15) is 11.1 Å². The highest BCUT2D eigenvalue weighted by Gasteiger charge is 2.06. The molecule has 0 bridgehead atoms. The highest BCUT2D eigenvalue weighted by atomic mass is 14.7. The zero-order valence-corrected chi connectivity index (χ0v) is 8.57. The van der Waals surface area contributed by atoms with E-state index in [1.54, 1.807) is 6.20 Å². The van der Waals surface area contributed by atoms with Crippen LogP contribution in [0.25, 0.3) is 11.3 Å². The number of nitrogens with one attached hydrogen (secondary N) is 1. The van der Waals surface area contributed by atoms with Crippen molar-refractivity contribution in [1.29, 1.82) is 5.41 Å². The summed E-state index contributed by atoms with van der Waals surface area (Å²) in [5.74, 6) is 0. The molecule has 1 N–H and O–H groups in total. The molecule has 0 spiro atoms. The molecular formula is C13H12N2. The summed E-state index contributed by atoms with van der Waals surface area (Å²) in [7, 11) is 0. The summed E-state index contributed by atoms with van der Waals surface area (Å²) in [6.45, 7) is 2.04. The summed E-state index contributed by atoms with van der Waals surface area (Å²) in [6, 6.07) is 11.8. The standard InChI is InChI=1S/C13H12N2/c1-10-5-4-6-11(9-14)13(10)12-7-2-3-8-15-12/h2-9,14H,1H3. The molecule has 1 aromatic heterocycles. The number of aromatic nitrogens is 1. The van der Waals surface area contributed by atoms with Crippen LogP contribution in [0.4, 0.5) is 0 Å². The normalized spacial score (nSPS) is 9.93. The minimum absolute atomic E-state index is 0.911. The molecule has 74 valence electrons. The van der Waals surface area contributed by atoms with Crippen LogP contribution in [0.15, 0.2) is 42.6 Å². The van der Waals surface area contributed by atoms with E-state index in [0.717, 1.165) is 22.4 Å². The molecule has 2 rings (SSSR count). The van der Waals surface area contributed by atoms with E-state index >= 15 is 0 Å². The van der Waals surface area contributed by atoms with Crippen molar-refractivity contribution in [2.24, 2.45) is 0 Å². The summed E-state index contributed by atoms with van der Waals surface area (Å²) in [6.07, 6.45) is 3.15. The molecule has 0 amide bonds.